The van der Waals surface area contributed by atoms with E-state index in [2.05, 4.69) is 35.9 Å². The van der Waals surface area contributed by atoms with Crippen LogP contribution < -0.4 is 14.4 Å². The summed E-state index contributed by atoms with van der Waals surface area (Å²) in [5, 5.41) is 8.29. The predicted octanol–water partition coefficient (Wildman–Crippen LogP) is 9.05. The van der Waals surface area contributed by atoms with Gasteiger partial charge in [-0.15, -0.1) is 0 Å². The summed E-state index contributed by atoms with van der Waals surface area (Å²) in [6, 6.07) is 18.5. The van der Waals surface area contributed by atoms with Crippen molar-refractivity contribution in [2.45, 2.75) is 59.3 Å². The summed E-state index contributed by atoms with van der Waals surface area (Å²) in [6.07, 6.45) is 7.18. The van der Waals surface area contributed by atoms with E-state index in [1.54, 1.807) is 30.3 Å². The summed E-state index contributed by atoms with van der Waals surface area (Å²) in [7, 11) is 0. The van der Waals surface area contributed by atoms with E-state index >= 15 is 0 Å². The number of hydrogen-bond acceptors (Lipinski definition) is 6. The molecular weight excluding hydrogens is 481 g/mol. The van der Waals surface area contributed by atoms with E-state index in [1.165, 1.54) is 37.8 Å². The fourth-order valence-electron chi connectivity index (χ4n) is 3.99. The molecule has 0 spiro atoms. The first kappa shape index (κ1) is 28.8. The number of hydrogen-bond donors (Lipinski definition) is 0. The van der Waals surface area contributed by atoms with Crippen molar-refractivity contribution in [2.24, 2.45) is 10.2 Å². The molecule has 3 aromatic carbocycles. The Morgan fingerprint density at radius 2 is 1.42 bits per heavy atom. The molecule has 38 heavy (non-hydrogen) atoms. The Bertz CT molecular complexity index is 1160. The maximum Gasteiger partial charge on any atom is 0.343 e. The normalized spacial score (nSPS) is 11.1. The molecule has 0 unspecified atom stereocenters. The molecule has 0 aliphatic carbocycles. The van der Waals surface area contributed by atoms with Gasteiger partial charge in [-0.25, -0.2) is 9.18 Å². The summed E-state index contributed by atoms with van der Waals surface area (Å²) in [6.45, 7) is 8.91. The van der Waals surface area contributed by atoms with Crippen LogP contribution in [0.5, 0.6) is 11.5 Å². The molecule has 0 saturated carbocycles. The molecule has 0 N–H and O–H groups in total. The number of nitrogens with zero attached hydrogens (tertiary/aromatic N) is 3. The Morgan fingerprint density at radius 3 is 2.08 bits per heavy atom. The third-order valence-electron chi connectivity index (χ3n) is 6.23. The largest absolute Gasteiger partial charge is 0.494 e. The Morgan fingerprint density at radius 1 is 0.789 bits per heavy atom. The van der Waals surface area contributed by atoms with Gasteiger partial charge in [-0.1, -0.05) is 39.0 Å². The van der Waals surface area contributed by atoms with Crippen LogP contribution in [0.25, 0.3) is 0 Å². The lowest BCUT2D eigenvalue weighted by Crippen LogP contribution is -2.21. The van der Waals surface area contributed by atoms with Gasteiger partial charge in [-0.2, -0.15) is 10.2 Å². The first-order chi connectivity index (χ1) is 18.5. The molecule has 0 aliphatic heterocycles. The maximum atomic E-state index is 14.6. The molecule has 7 heteroatoms. The van der Waals surface area contributed by atoms with E-state index in [4.69, 9.17) is 9.47 Å². The lowest BCUT2D eigenvalue weighted by molar-refractivity contribution is 0.0728. The number of unbranched alkanes of at least 4 members (excludes halogenated alkanes) is 5. The lowest BCUT2D eigenvalue weighted by Gasteiger charge is -2.20. The summed E-state index contributed by atoms with van der Waals surface area (Å²) >= 11 is 0. The van der Waals surface area contributed by atoms with Crippen LogP contribution in [-0.4, -0.2) is 25.7 Å². The molecule has 202 valence electrons. The number of benzene rings is 3. The second kappa shape index (κ2) is 15.5. The van der Waals surface area contributed by atoms with Crippen molar-refractivity contribution in [3.8, 4) is 11.5 Å². The topological polar surface area (TPSA) is 63.5 Å². The second-order valence-electron chi connectivity index (χ2n) is 9.03. The molecule has 0 atom stereocenters. The molecule has 0 aromatic heterocycles. The van der Waals surface area contributed by atoms with Crippen LogP contribution >= 0.6 is 0 Å². The first-order valence-corrected chi connectivity index (χ1v) is 13.5. The number of anilines is 1. The van der Waals surface area contributed by atoms with E-state index in [0.29, 0.717) is 29.3 Å². The van der Waals surface area contributed by atoms with E-state index in [0.717, 1.165) is 31.6 Å². The van der Waals surface area contributed by atoms with Crippen LogP contribution in [0.15, 0.2) is 77.0 Å². The summed E-state index contributed by atoms with van der Waals surface area (Å²) in [5.74, 6) is -0.806. The van der Waals surface area contributed by atoms with E-state index < -0.39 is 11.8 Å². The Balaban J connectivity index is 1.50. The van der Waals surface area contributed by atoms with Gasteiger partial charge in [0.2, 0.25) is 0 Å². The highest BCUT2D eigenvalue weighted by Crippen LogP contribution is 2.27. The summed E-state index contributed by atoms with van der Waals surface area (Å²) in [4.78, 5) is 14.7. The first-order valence-electron chi connectivity index (χ1n) is 13.5. The van der Waals surface area contributed by atoms with Crippen molar-refractivity contribution in [1.29, 1.82) is 0 Å². The quantitative estimate of drug-likeness (QED) is 0.0869. The fraction of sp³-hybridized carbons (Fsp3) is 0.387. The van der Waals surface area contributed by atoms with Crippen LogP contribution in [0, 0.1) is 5.82 Å². The van der Waals surface area contributed by atoms with Gasteiger partial charge in [0.15, 0.2) is 11.6 Å². The minimum absolute atomic E-state index is 0.166. The fourth-order valence-corrected chi connectivity index (χ4v) is 3.99. The summed E-state index contributed by atoms with van der Waals surface area (Å²) in [5.41, 5.74) is 2.41. The molecule has 3 aromatic rings. The van der Waals surface area contributed by atoms with Gasteiger partial charge in [0.05, 0.1) is 23.5 Å². The molecule has 0 bridgehead atoms. The van der Waals surface area contributed by atoms with Crippen molar-refractivity contribution in [3.63, 3.8) is 0 Å². The molecule has 6 nitrogen and oxygen atoms in total. The Kier molecular flexibility index (Phi) is 11.8. The minimum atomic E-state index is -0.689. The molecule has 3 rings (SSSR count). The van der Waals surface area contributed by atoms with Crippen LogP contribution in [0.1, 0.15) is 69.7 Å². The number of carbonyl (C=O) groups is 1. The molecular formula is C31H38FN3O3. The lowest BCUT2D eigenvalue weighted by atomic mass is 10.1. The Hall–Kier alpha value is -3.74. The van der Waals surface area contributed by atoms with Crippen molar-refractivity contribution >= 4 is 23.0 Å². The molecule has 0 amide bonds. The third kappa shape index (κ3) is 8.98. The smallest absolute Gasteiger partial charge is 0.343 e. The van der Waals surface area contributed by atoms with Crippen LogP contribution in [-0.2, 0) is 0 Å². The van der Waals surface area contributed by atoms with Gasteiger partial charge in [0.1, 0.15) is 5.75 Å². The second-order valence-corrected chi connectivity index (χ2v) is 9.03. The van der Waals surface area contributed by atoms with Crippen molar-refractivity contribution < 1.29 is 18.7 Å². The maximum absolute atomic E-state index is 14.6. The zero-order valence-electron chi connectivity index (χ0n) is 22.7. The number of esters is 1. The van der Waals surface area contributed by atoms with Gasteiger partial charge in [0.25, 0.3) is 0 Å². The predicted molar refractivity (Wildman–Crippen MR) is 151 cm³/mol. The van der Waals surface area contributed by atoms with Gasteiger partial charge in [-0.3, -0.25) is 0 Å². The standard InChI is InChI=1S/C31H38FN3O3/c1-4-7-8-9-10-11-22-37-28-19-12-24(13-20-28)31(36)38-30-21-16-26(23-29(30)32)34-33-25-14-17-27(18-15-25)35(5-2)6-3/h12-21,23H,4-11,22H2,1-3H3. The SMILES string of the molecule is CCCCCCCCOc1ccc(C(=O)Oc2ccc(N=Nc3ccc(N(CC)CC)cc3)cc2F)cc1. The molecule has 0 radical (unpaired) electrons. The monoisotopic (exact) mass is 519 g/mol. The van der Waals surface area contributed by atoms with Crippen LogP contribution in [0.4, 0.5) is 21.5 Å². The average molecular weight is 520 g/mol. The van der Waals surface area contributed by atoms with Gasteiger partial charge < -0.3 is 14.4 Å². The van der Waals surface area contributed by atoms with Crippen LogP contribution in [0.2, 0.25) is 0 Å². The van der Waals surface area contributed by atoms with Gasteiger partial charge >= 0.3 is 5.97 Å². The highest BCUT2D eigenvalue weighted by Gasteiger charge is 2.13. The molecule has 0 aliphatic rings. The zero-order valence-corrected chi connectivity index (χ0v) is 22.7. The number of carbonyl (C=O) groups excluding carboxylic acids is 1. The highest BCUT2D eigenvalue weighted by atomic mass is 19.1. The average Bonchev–Trinajstić information content (AvgIpc) is 2.94. The number of halogens is 1. The van der Waals surface area contributed by atoms with Crippen molar-refractivity contribution in [3.05, 3.63) is 78.1 Å². The number of azo groups is 1. The van der Waals surface area contributed by atoms with E-state index in [1.807, 2.05) is 24.3 Å². The molecule has 0 saturated heterocycles. The van der Waals surface area contributed by atoms with Crippen LogP contribution in [0.3, 0.4) is 0 Å². The van der Waals surface area contributed by atoms with E-state index in [-0.39, 0.29) is 5.75 Å². The zero-order chi connectivity index (χ0) is 27.2. The van der Waals surface area contributed by atoms with Gasteiger partial charge in [0, 0.05) is 24.8 Å². The summed E-state index contributed by atoms with van der Waals surface area (Å²) < 4.78 is 25.6. The number of ether oxygens (including phenoxy) is 2. The molecule has 0 fully saturated rings. The van der Waals surface area contributed by atoms with Crippen molar-refractivity contribution in [2.75, 3.05) is 24.6 Å². The Labute approximate surface area is 225 Å². The highest BCUT2D eigenvalue weighted by molar-refractivity contribution is 5.91. The minimum Gasteiger partial charge on any atom is -0.494 e. The third-order valence-corrected chi connectivity index (χ3v) is 6.23. The van der Waals surface area contributed by atoms with E-state index in [9.17, 15) is 9.18 Å². The number of rotatable bonds is 15. The van der Waals surface area contributed by atoms with Gasteiger partial charge in [-0.05, 0) is 80.9 Å². The van der Waals surface area contributed by atoms with Crippen molar-refractivity contribution in [1.82, 2.24) is 0 Å². The molecule has 0 heterocycles.